The molecule has 1 unspecified atom stereocenters. The summed E-state index contributed by atoms with van der Waals surface area (Å²) < 4.78 is 5.12. The van der Waals surface area contributed by atoms with Crippen molar-refractivity contribution < 1.29 is 19.4 Å². The van der Waals surface area contributed by atoms with Crippen molar-refractivity contribution in [2.45, 2.75) is 19.4 Å². The quantitative estimate of drug-likeness (QED) is 0.272. The molecule has 2 aromatic carbocycles. The molecule has 0 spiro atoms. The molecule has 1 saturated heterocycles. The zero-order valence-electron chi connectivity index (χ0n) is 16.9. The van der Waals surface area contributed by atoms with Gasteiger partial charge in [0.15, 0.2) is 0 Å². The number of aliphatic hydroxyl groups is 1. The van der Waals surface area contributed by atoms with E-state index in [-0.39, 0.29) is 11.3 Å². The summed E-state index contributed by atoms with van der Waals surface area (Å²) in [5, 5.41) is 15.1. The second kappa shape index (κ2) is 8.42. The highest BCUT2D eigenvalue weighted by Crippen LogP contribution is 2.42. The summed E-state index contributed by atoms with van der Waals surface area (Å²) >= 11 is 1.49. The maximum atomic E-state index is 13.0. The van der Waals surface area contributed by atoms with E-state index >= 15 is 0 Å². The van der Waals surface area contributed by atoms with Gasteiger partial charge in [0, 0.05) is 30.7 Å². The number of rotatable bonds is 6. The number of benzene rings is 2. The van der Waals surface area contributed by atoms with Gasteiger partial charge in [0.05, 0.1) is 11.6 Å². The number of Topliss-reactive ketones (excluding diaryl/α,β-unsaturated/α-hetero) is 1. The van der Waals surface area contributed by atoms with Gasteiger partial charge >= 0.3 is 0 Å². The van der Waals surface area contributed by atoms with Gasteiger partial charge in [-0.05, 0) is 47.2 Å². The van der Waals surface area contributed by atoms with Crippen LogP contribution in [0.5, 0.6) is 0 Å². The first kappa shape index (κ1) is 20.3. The molecule has 1 atom stereocenters. The summed E-state index contributed by atoms with van der Waals surface area (Å²) in [4.78, 5) is 28.3. The summed E-state index contributed by atoms with van der Waals surface area (Å²) in [5.41, 5.74) is 1.68. The minimum absolute atomic E-state index is 0.133. The number of ether oxygens (including phenoxy) is 1. The lowest BCUT2D eigenvalue weighted by atomic mass is 9.97. The van der Waals surface area contributed by atoms with Crippen molar-refractivity contribution in [2.75, 3.05) is 20.3 Å². The van der Waals surface area contributed by atoms with E-state index in [1.165, 1.54) is 11.3 Å². The molecule has 154 valence electrons. The Morgan fingerprint density at radius 1 is 1.13 bits per heavy atom. The van der Waals surface area contributed by atoms with Crippen molar-refractivity contribution in [3.05, 3.63) is 75.5 Å². The molecule has 3 aromatic rings. The standard InChI is InChI=1S/C24H23NO4S/c1-15-10-13-30-23(15)20-19(22(27)24(28)25(20)11-5-12-29-2)21(26)18-9-8-16-6-3-4-7-17(16)14-18/h3-4,6-10,13-14,20,26H,5,11-12H2,1-2H3/b21-19-. The summed E-state index contributed by atoms with van der Waals surface area (Å²) in [6.07, 6.45) is 0.612. The topological polar surface area (TPSA) is 66.8 Å². The lowest BCUT2D eigenvalue weighted by molar-refractivity contribution is -0.140. The Balaban J connectivity index is 1.84. The highest BCUT2D eigenvalue weighted by atomic mass is 32.1. The molecule has 1 aliphatic heterocycles. The summed E-state index contributed by atoms with van der Waals surface area (Å²) in [5.74, 6) is -1.35. The Hall–Kier alpha value is -2.96. The van der Waals surface area contributed by atoms with Gasteiger partial charge in [-0.2, -0.15) is 0 Å². The Morgan fingerprint density at radius 3 is 2.60 bits per heavy atom. The molecule has 1 amide bonds. The van der Waals surface area contributed by atoms with Crippen LogP contribution in [-0.4, -0.2) is 42.0 Å². The van der Waals surface area contributed by atoms with Crippen molar-refractivity contribution >= 4 is 39.6 Å². The molecule has 1 aliphatic rings. The number of likely N-dealkylation sites (tertiary alicyclic amines) is 1. The van der Waals surface area contributed by atoms with E-state index in [9.17, 15) is 14.7 Å². The maximum absolute atomic E-state index is 13.0. The number of hydrogen-bond acceptors (Lipinski definition) is 5. The second-order valence-electron chi connectivity index (χ2n) is 7.37. The summed E-state index contributed by atoms with van der Waals surface area (Å²) in [6, 6.07) is 14.7. The molecule has 30 heavy (non-hydrogen) atoms. The van der Waals surface area contributed by atoms with E-state index < -0.39 is 17.7 Å². The normalized spacial score (nSPS) is 18.5. The molecule has 0 saturated carbocycles. The fraction of sp³-hybridized carbons (Fsp3) is 0.250. The van der Waals surface area contributed by atoms with Crippen molar-refractivity contribution in [2.24, 2.45) is 0 Å². The molecule has 1 aromatic heterocycles. The van der Waals surface area contributed by atoms with Gasteiger partial charge in [-0.25, -0.2) is 0 Å². The molecule has 0 bridgehead atoms. The fourth-order valence-electron chi connectivity index (χ4n) is 3.92. The SMILES string of the molecule is COCCCN1C(=O)C(=O)/C(=C(\O)c2ccc3ccccc3c2)C1c1sccc1C. The molecule has 0 aliphatic carbocycles. The van der Waals surface area contributed by atoms with Gasteiger partial charge in [-0.1, -0.05) is 36.4 Å². The lowest BCUT2D eigenvalue weighted by Gasteiger charge is -2.24. The lowest BCUT2D eigenvalue weighted by Crippen LogP contribution is -2.31. The van der Waals surface area contributed by atoms with Gasteiger partial charge in [-0.15, -0.1) is 11.3 Å². The number of nitrogens with zero attached hydrogens (tertiary/aromatic N) is 1. The van der Waals surface area contributed by atoms with Gasteiger partial charge in [0.25, 0.3) is 11.7 Å². The first-order valence-electron chi connectivity index (χ1n) is 9.83. The van der Waals surface area contributed by atoms with Gasteiger partial charge in [0.2, 0.25) is 0 Å². The molecule has 2 heterocycles. The third-order valence-electron chi connectivity index (χ3n) is 5.46. The van der Waals surface area contributed by atoms with Crippen molar-refractivity contribution in [1.82, 2.24) is 4.90 Å². The number of amides is 1. The first-order chi connectivity index (χ1) is 14.5. The van der Waals surface area contributed by atoms with Crippen LogP contribution in [0.15, 0.2) is 59.5 Å². The van der Waals surface area contributed by atoms with Crippen LogP contribution in [-0.2, 0) is 14.3 Å². The zero-order valence-corrected chi connectivity index (χ0v) is 17.7. The van der Waals surface area contributed by atoms with E-state index in [1.807, 2.05) is 54.8 Å². The molecule has 6 heteroatoms. The summed E-state index contributed by atoms with van der Waals surface area (Å²) in [7, 11) is 1.61. The van der Waals surface area contributed by atoms with Crippen LogP contribution in [0.2, 0.25) is 0 Å². The predicted molar refractivity (Wildman–Crippen MR) is 119 cm³/mol. The number of methoxy groups -OCH3 is 1. The van der Waals surface area contributed by atoms with E-state index in [4.69, 9.17) is 4.74 Å². The third kappa shape index (κ3) is 3.53. The fourth-order valence-corrected chi connectivity index (χ4v) is 4.97. The number of thiophene rings is 1. The van der Waals surface area contributed by atoms with Crippen molar-refractivity contribution in [1.29, 1.82) is 0 Å². The van der Waals surface area contributed by atoms with Crippen molar-refractivity contribution in [3.8, 4) is 0 Å². The van der Waals surface area contributed by atoms with Crippen LogP contribution < -0.4 is 0 Å². The van der Waals surface area contributed by atoms with Crippen molar-refractivity contribution in [3.63, 3.8) is 0 Å². The zero-order chi connectivity index (χ0) is 21.3. The van der Waals surface area contributed by atoms with Crippen LogP contribution in [0.25, 0.3) is 16.5 Å². The van der Waals surface area contributed by atoms with Crippen LogP contribution in [0.1, 0.15) is 28.5 Å². The third-order valence-corrected chi connectivity index (χ3v) is 6.53. The monoisotopic (exact) mass is 421 g/mol. The average molecular weight is 422 g/mol. The first-order valence-corrected chi connectivity index (χ1v) is 10.7. The molecule has 5 nitrogen and oxygen atoms in total. The van der Waals surface area contributed by atoms with Gasteiger partial charge < -0.3 is 14.7 Å². The number of carbonyl (C=O) groups is 2. The molecule has 0 radical (unpaired) electrons. The molecule has 1 fully saturated rings. The Kier molecular flexibility index (Phi) is 5.70. The van der Waals surface area contributed by atoms with Gasteiger partial charge in [-0.3, -0.25) is 9.59 Å². The number of aliphatic hydroxyl groups excluding tert-OH is 1. The smallest absolute Gasteiger partial charge is 0.295 e. The van der Waals surface area contributed by atoms with Crippen LogP contribution >= 0.6 is 11.3 Å². The number of carbonyl (C=O) groups excluding carboxylic acids is 2. The highest BCUT2D eigenvalue weighted by Gasteiger charge is 2.46. The molecule has 1 N–H and O–H groups in total. The maximum Gasteiger partial charge on any atom is 0.295 e. The number of aryl methyl sites for hydroxylation is 1. The minimum atomic E-state index is -0.643. The van der Waals surface area contributed by atoms with E-state index in [0.29, 0.717) is 25.1 Å². The Morgan fingerprint density at radius 2 is 1.90 bits per heavy atom. The molecule has 4 rings (SSSR count). The second-order valence-corrected chi connectivity index (χ2v) is 8.32. The summed E-state index contributed by atoms with van der Waals surface area (Å²) in [6.45, 7) is 2.83. The average Bonchev–Trinajstić information content (AvgIpc) is 3.28. The Bertz CT molecular complexity index is 1150. The van der Waals surface area contributed by atoms with E-state index in [2.05, 4.69) is 0 Å². The van der Waals surface area contributed by atoms with E-state index in [1.54, 1.807) is 18.1 Å². The van der Waals surface area contributed by atoms with Gasteiger partial charge in [0.1, 0.15) is 5.76 Å². The van der Waals surface area contributed by atoms with E-state index in [0.717, 1.165) is 21.2 Å². The Labute approximate surface area is 179 Å². The van der Waals surface area contributed by atoms with Crippen LogP contribution in [0, 0.1) is 6.92 Å². The molecular weight excluding hydrogens is 398 g/mol. The highest BCUT2D eigenvalue weighted by molar-refractivity contribution is 7.10. The van der Waals surface area contributed by atoms with Crippen LogP contribution in [0.4, 0.5) is 0 Å². The van der Waals surface area contributed by atoms with Crippen LogP contribution in [0.3, 0.4) is 0 Å². The number of fused-ring (bicyclic) bond motifs is 1. The number of hydrogen-bond donors (Lipinski definition) is 1. The minimum Gasteiger partial charge on any atom is -0.507 e. The largest absolute Gasteiger partial charge is 0.507 e. The predicted octanol–water partition coefficient (Wildman–Crippen LogP) is 4.67. The number of ketones is 1. The molecular formula is C24H23NO4S.